The first-order chi connectivity index (χ1) is 12.3. The molecule has 1 aromatic carbocycles. The van der Waals surface area contributed by atoms with Gasteiger partial charge in [-0.3, -0.25) is 4.79 Å². The molecule has 2 N–H and O–H groups in total. The van der Waals surface area contributed by atoms with Crippen molar-refractivity contribution in [2.45, 2.75) is 12.0 Å². The topological polar surface area (TPSA) is 129 Å². The van der Waals surface area contributed by atoms with Gasteiger partial charge in [0, 0.05) is 6.08 Å². The molecule has 1 rings (SSSR count). The highest BCUT2D eigenvalue weighted by Gasteiger charge is 2.41. The zero-order chi connectivity index (χ0) is 19.7. The van der Waals surface area contributed by atoms with Crippen molar-refractivity contribution in [2.75, 3.05) is 27.9 Å². The van der Waals surface area contributed by atoms with Crippen LogP contribution in [0.15, 0.2) is 24.3 Å². The van der Waals surface area contributed by atoms with E-state index in [4.69, 9.17) is 9.47 Å². The van der Waals surface area contributed by atoms with Crippen LogP contribution in [0.5, 0.6) is 11.5 Å². The quantitative estimate of drug-likeness (QED) is 0.381. The van der Waals surface area contributed by atoms with Crippen molar-refractivity contribution >= 4 is 24.0 Å². The van der Waals surface area contributed by atoms with Gasteiger partial charge in [0.05, 0.1) is 27.8 Å². The van der Waals surface area contributed by atoms with Gasteiger partial charge in [0.25, 0.3) is 0 Å². The maximum absolute atomic E-state index is 11.8. The number of phenols is 1. The predicted octanol–water partition coefficient (Wildman–Crippen LogP) is 0.424. The van der Waals surface area contributed by atoms with Gasteiger partial charge < -0.3 is 29.2 Å². The number of aromatic hydroxyl groups is 1. The van der Waals surface area contributed by atoms with E-state index < -0.39 is 36.5 Å². The lowest BCUT2D eigenvalue weighted by Gasteiger charge is -2.23. The molecule has 0 spiro atoms. The standard InChI is InChI=1S/C17H20O9/c1-23-13-8-11(4-6-12(13)18)5-7-14(19)26-10-17(22,16(21)25-3)9-15(20)24-2/h4-8,18,22H,9-10H2,1-3H3/b7-5+/t17-/m0/s1. The minimum atomic E-state index is -2.35. The summed E-state index contributed by atoms with van der Waals surface area (Å²) in [7, 11) is 3.48. The lowest BCUT2D eigenvalue weighted by molar-refractivity contribution is -0.177. The van der Waals surface area contributed by atoms with Crippen LogP contribution in [0.4, 0.5) is 0 Å². The SMILES string of the molecule is COC(=O)C[C@](O)(COC(=O)/C=C/c1ccc(O)c(OC)c1)C(=O)OC. The normalized spacial score (nSPS) is 12.9. The van der Waals surface area contributed by atoms with E-state index in [-0.39, 0.29) is 11.5 Å². The van der Waals surface area contributed by atoms with E-state index in [1.54, 1.807) is 0 Å². The van der Waals surface area contributed by atoms with Crippen LogP contribution in [-0.4, -0.2) is 61.7 Å². The van der Waals surface area contributed by atoms with Crippen LogP contribution >= 0.6 is 0 Å². The van der Waals surface area contributed by atoms with E-state index in [1.165, 1.54) is 31.4 Å². The number of esters is 3. The molecule has 0 saturated carbocycles. The molecule has 0 aliphatic carbocycles. The monoisotopic (exact) mass is 368 g/mol. The fourth-order valence-corrected chi connectivity index (χ4v) is 1.88. The number of hydrogen-bond donors (Lipinski definition) is 2. The lowest BCUT2D eigenvalue weighted by Crippen LogP contribution is -2.46. The molecular formula is C17H20O9. The van der Waals surface area contributed by atoms with Crippen molar-refractivity contribution in [3.63, 3.8) is 0 Å². The average Bonchev–Trinajstić information content (AvgIpc) is 2.64. The number of rotatable bonds is 8. The summed E-state index contributed by atoms with van der Waals surface area (Å²) in [5, 5.41) is 19.7. The van der Waals surface area contributed by atoms with Gasteiger partial charge in [-0.15, -0.1) is 0 Å². The van der Waals surface area contributed by atoms with Crippen molar-refractivity contribution in [1.29, 1.82) is 0 Å². The van der Waals surface area contributed by atoms with Crippen molar-refractivity contribution in [3.05, 3.63) is 29.8 Å². The second-order valence-corrected chi connectivity index (χ2v) is 5.15. The van der Waals surface area contributed by atoms with E-state index in [1.807, 2.05) is 0 Å². The minimum absolute atomic E-state index is 0.0572. The van der Waals surface area contributed by atoms with Gasteiger partial charge in [-0.2, -0.15) is 0 Å². The van der Waals surface area contributed by atoms with Crippen LogP contribution in [-0.2, 0) is 28.6 Å². The molecule has 0 fully saturated rings. The third-order valence-electron chi connectivity index (χ3n) is 3.30. The summed E-state index contributed by atoms with van der Waals surface area (Å²) in [6.07, 6.45) is 1.69. The molecular weight excluding hydrogens is 348 g/mol. The number of hydrogen-bond acceptors (Lipinski definition) is 9. The zero-order valence-corrected chi connectivity index (χ0v) is 14.6. The first-order valence-electron chi connectivity index (χ1n) is 7.35. The second-order valence-electron chi connectivity index (χ2n) is 5.15. The molecule has 0 aliphatic heterocycles. The fraction of sp³-hybridized carbons (Fsp3) is 0.353. The molecule has 9 nitrogen and oxygen atoms in total. The van der Waals surface area contributed by atoms with E-state index in [9.17, 15) is 24.6 Å². The molecule has 0 saturated heterocycles. The Bertz CT molecular complexity index is 695. The van der Waals surface area contributed by atoms with Gasteiger partial charge >= 0.3 is 17.9 Å². The average molecular weight is 368 g/mol. The minimum Gasteiger partial charge on any atom is -0.504 e. The molecule has 0 amide bonds. The number of carbonyl (C=O) groups is 3. The summed E-state index contributed by atoms with van der Waals surface area (Å²) >= 11 is 0. The molecule has 9 heteroatoms. The third-order valence-corrected chi connectivity index (χ3v) is 3.30. The van der Waals surface area contributed by atoms with Gasteiger partial charge in [0.2, 0.25) is 5.60 Å². The largest absolute Gasteiger partial charge is 0.504 e. The molecule has 1 aromatic rings. The first-order valence-corrected chi connectivity index (χ1v) is 7.35. The van der Waals surface area contributed by atoms with Gasteiger partial charge in [-0.1, -0.05) is 6.07 Å². The highest BCUT2D eigenvalue weighted by molar-refractivity contribution is 5.89. The van der Waals surface area contributed by atoms with Crippen LogP contribution in [0.1, 0.15) is 12.0 Å². The van der Waals surface area contributed by atoms with E-state index >= 15 is 0 Å². The van der Waals surface area contributed by atoms with Crippen LogP contribution in [0.3, 0.4) is 0 Å². The smallest absolute Gasteiger partial charge is 0.342 e. The van der Waals surface area contributed by atoms with Crippen LogP contribution in [0.2, 0.25) is 0 Å². The number of methoxy groups -OCH3 is 3. The molecule has 0 aromatic heterocycles. The second kappa shape index (κ2) is 9.42. The molecule has 26 heavy (non-hydrogen) atoms. The lowest BCUT2D eigenvalue weighted by atomic mass is 10.0. The molecule has 0 unspecified atom stereocenters. The Labute approximate surface area is 149 Å². The van der Waals surface area contributed by atoms with Crippen molar-refractivity contribution in [2.24, 2.45) is 0 Å². The highest BCUT2D eigenvalue weighted by atomic mass is 16.6. The molecule has 1 atom stereocenters. The summed E-state index contributed by atoms with van der Waals surface area (Å²) in [5.74, 6) is -2.72. The Morgan fingerprint density at radius 1 is 1.15 bits per heavy atom. The maximum Gasteiger partial charge on any atom is 0.342 e. The summed E-state index contributed by atoms with van der Waals surface area (Å²) < 4.78 is 18.6. The van der Waals surface area contributed by atoms with Crippen molar-refractivity contribution in [1.82, 2.24) is 0 Å². The highest BCUT2D eigenvalue weighted by Crippen LogP contribution is 2.26. The van der Waals surface area contributed by atoms with Crippen molar-refractivity contribution in [3.8, 4) is 11.5 Å². The van der Waals surface area contributed by atoms with E-state index in [2.05, 4.69) is 9.47 Å². The van der Waals surface area contributed by atoms with Gasteiger partial charge in [-0.25, -0.2) is 9.59 Å². The molecule has 0 bridgehead atoms. The molecule has 142 valence electrons. The number of carbonyl (C=O) groups excluding carboxylic acids is 3. The van der Waals surface area contributed by atoms with E-state index in [0.29, 0.717) is 5.56 Å². The van der Waals surface area contributed by atoms with Gasteiger partial charge in [0.15, 0.2) is 11.5 Å². The third kappa shape index (κ3) is 5.78. The number of aliphatic hydroxyl groups is 1. The first kappa shape index (κ1) is 21.0. The van der Waals surface area contributed by atoms with Crippen LogP contribution in [0.25, 0.3) is 6.08 Å². The molecule has 0 radical (unpaired) electrons. The maximum atomic E-state index is 11.8. The van der Waals surface area contributed by atoms with Gasteiger partial charge in [0.1, 0.15) is 6.61 Å². The summed E-state index contributed by atoms with van der Waals surface area (Å²) in [6.45, 7) is -0.795. The van der Waals surface area contributed by atoms with Gasteiger partial charge in [-0.05, 0) is 23.8 Å². The van der Waals surface area contributed by atoms with Crippen LogP contribution < -0.4 is 4.74 Å². The molecule has 0 heterocycles. The van der Waals surface area contributed by atoms with E-state index in [0.717, 1.165) is 20.3 Å². The summed E-state index contributed by atoms with van der Waals surface area (Å²) in [5.41, 5.74) is -1.82. The Kier molecular flexibility index (Phi) is 7.60. The Balaban J connectivity index is 2.76. The number of ether oxygens (including phenoxy) is 4. The Hall–Kier alpha value is -3.07. The summed E-state index contributed by atoms with van der Waals surface area (Å²) in [6, 6.07) is 4.40. The fourth-order valence-electron chi connectivity index (χ4n) is 1.88. The van der Waals surface area contributed by atoms with Crippen LogP contribution in [0, 0.1) is 0 Å². The Morgan fingerprint density at radius 3 is 2.42 bits per heavy atom. The predicted molar refractivity (Wildman–Crippen MR) is 88.3 cm³/mol. The molecule has 0 aliphatic rings. The van der Waals surface area contributed by atoms with Crippen molar-refractivity contribution < 1.29 is 43.5 Å². The summed E-state index contributed by atoms with van der Waals surface area (Å²) in [4.78, 5) is 34.7. The number of phenolic OH excluding ortho intramolecular Hbond substituents is 1. The Morgan fingerprint density at radius 2 is 1.85 bits per heavy atom. The number of benzene rings is 1. The zero-order valence-electron chi connectivity index (χ0n) is 14.6.